The predicted molar refractivity (Wildman–Crippen MR) is 87.0 cm³/mol. The third kappa shape index (κ3) is 4.85. The quantitative estimate of drug-likeness (QED) is 0.874. The number of unbranched alkanes of at least 4 members (excludes halogenated alkanes) is 1. The van der Waals surface area contributed by atoms with Crippen LogP contribution < -0.4 is 5.73 Å². The zero-order valence-corrected chi connectivity index (χ0v) is 13.1. The first kappa shape index (κ1) is 16.0. The molecule has 3 heteroatoms. The number of nitrogens with zero attached hydrogens (tertiary/aromatic N) is 1. The van der Waals surface area contributed by atoms with Crippen LogP contribution >= 0.6 is 0 Å². The largest absolute Gasteiger partial charge is 0.341 e. The van der Waals surface area contributed by atoms with Crippen LogP contribution in [0.25, 0.3) is 0 Å². The lowest BCUT2D eigenvalue weighted by molar-refractivity contribution is -0.134. The first-order valence-corrected chi connectivity index (χ1v) is 8.29. The summed E-state index contributed by atoms with van der Waals surface area (Å²) in [6, 6.07) is 10.3. The summed E-state index contributed by atoms with van der Waals surface area (Å²) in [6.45, 7) is 3.87. The zero-order valence-electron chi connectivity index (χ0n) is 13.1. The summed E-state index contributed by atoms with van der Waals surface area (Å²) in [6.07, 6.45) is 6.28. The summed E-state index contributed by atoms with van der Waals surface area (Å²) in [4.78, 5) is 14.2. The van der Waals surface area contributed by atoms with Crippen molar-refractivity contribution in [3.05, 3.63) is 35.9 Å². The van der Waals surface area contributed by atoms with Crippen molar-refractivity contribution in [3.63, 3.8) is 0 Å². The highest BCUT2D eigenvalue weighted by molar-refractivity contribution is 5.81. The molecule has 1 aromatic carbocycles. The van der Waals surface area contributed by atoms with E-state index in [2.05, 4.69) is 37.3 Å². The third-order valence-corrected chi connectivity index (χ3v) is 4.48. The number of hydrogen-bond donors (Lipinski definition) is 1. The molecule has 2 N–H and O–H groups in total. The highest BCUT2D eigenvalue weighted by Gasteiger charge is 2.25. The van der Waals surface area contributed by atoms with E-state index < -0.39 is 0 Å². The number of nitrogens with two attached hydrogens (primary N) is 1. The van der Waals surface area contributed by atoms with Gasteiger partial charge in [0.2, 0.25) is 5.91 Å². The summed E-state index contributed by atoms with van der Waals surface area (Å²) in [5.74, 6) is 0.852. The molecule has 1 amide bonds. The van der Waals surface area contributed by atoms with Crippen molar-refractivity contribution in [3.8, 4) is 0 Å². The second-order valence-electron chi connectivity index (χ2n) is 6.21. The minimum absolute atomic E-state index is 0.154. The molecule has 0 radical (unpaired) electrons. The van der Waals surface area contributed by atoms with Crippen molar-refractivity contribution in [2.75, 3.05) is 13.1 Å². The second kappa shape index (κ2) is 8.18. The molecule has 1 aliphatic rings. The van der Waals surface area contributed by atoms with Crippen molar-refractivity contribution in [1.82, 2.24) is 4.90 Å². The van der Waals surface area contributed by atoms with Crippen molar-refractivity contribution in [2.24, 2.45) is 11.7 Å². The maximum atomic E-state index is 12.3. The summed E-state index contributed by atoms with van der Waals surface area (Å²) >= 11 is 0. The Bertz CT molecular complexity index is 424. The van der Waals surface area contributed by atoms with Gasteiger partial charge in [0.05, 0.1) is 6.04 Å². The molecule has 0 bridgehead atoms. The Morgan fingerprint density at radius 1 is 1.29 bits per heavy atom. The standard InChI is InChI=1S/C18H28N2O/c1-2-3-9-17(19)18(21)20-12-10-16(11-13-20)14-15-7-5-4-6-8-15/h4-8,16-17H,2-3,9-14,19H2,1H3/t17-/m0/s1. The Morgan fingerprint density at radius 2 is 1.95 bits per heavy atom. The SMILES string of the molecule is CCCC[C@H](N)C(=O)N1CCC(Cc2ccccc2)CC1. The van der Waals surface area contributed by atoms with E-state index in [0.29, 0.717) is 5.92 Å². The molecule has 116 valence electrons. The molecule has 21 heavy (non-hydrogen) atoms. The lowest BCUT2D eigenvalue weighted by atomic mass is 9.90. The minimum atomic E-state index is -0.296. The fourth-order valence-corrected chi connectivity index (χ4v) is 3.09. The molecule has 1 heterocycles. The molecule has 0 aliphatic carbocycles. The van der Waals surface area contributed by atoms with Gasteiger partial charge in [-0.05, 0) is 37.2 Å². The average Bonchev–Trinajstić information content (AvgIpc) is 2.53. The van der Waals surface area contributed by atoms with Gasteiger partial charge >= 0.3 is 0 Å². The molecule has 3 nitrogen and oxygen atoms in total. The fraction of sp³-hybridized carbons (Fsp3) is 0.611. The first-order valence-electron chi connectivity index (χ1n) is 8.29. The molecule has 0 aromatic heterocycles. The Balaban J connectivity index is 1.76. The van der Waals surface area contributed by atoms with Gasteiger partial charge in [0.15, 0.2) is 0 Å². The predicted octanol–water partition coefficient (Wildman–Crippen LogP) is 2.99. The molecular formula is C18H28N2O. The normalized spacial score (nSPS) is 17.7. The second-order valence-corrected chi connectivity index (χ2v) is 6.21. The van der Waals surface area contributed by atoms with E-state index in [1.807, 2.05) is 4.90 Å². The lowest BCUT2D eigenvalue weighted by Crippen LogP contribution is -2.47. The van der Waals surface area contributed by atoms with Crippen LogP contribution in [-0.4, -0.2) is 29.9 Å². The molecule has 1 atom stereocenters. The number of piperidine rings is 1. The van der Waals surface area contributed by atoms with Crippen molar-refractivity contribution < 1.29 is 4.79 Å². The highest BCUT2D eigenvalue weighted by atomic mass is 16.2. The molecule has 1 saturated heterocycles. The molecule has 1 aromatic rings. The van der Waals surface area contributed by atoms with E-state index in [4.69, 9.17) is 5.73 Å². The Kier molecular flexibility index (Phi) is 6.24. The molecule has 1 aliphatic heterocycles. The van der Waals surface area contributed by atoms with E-state index in [-0.39, 0.29) is 11.9 Å². The monoisotopic (exact) mass is 288 g/mol. The maximum Gasteiger partial charge on any atom is 0.239 e. The Morgan fingerprint density at radius 3 is 2.57 bits per heavy atom. The molecule has 2 rings (SSSR count). The fourth-order valence-electron chi connectivity index (χ4n) is 3.09. The lowest BCUT2D eigenvalue weighted by Gasteiger charge is -2.33. The van der Waals surface area contributed by atoms with Gasteiger partial charge in [-0.2, -0.15) is 0 Å². The molecule has 0 unspecified atom stereocenters. The third-order valence-electron chi connectivity index (χ3n) is 4.48. The van der Waals surface area contributed by atoms with Crippen molar-refractivity contribution in [2.45, 2.75) is 51.5 Å². The van der Waals surface area contributed by atoms with E-state index in [9.17, 15) is 4.79 Å². The van der Waals surface area contributed by atoms with Crippen LogP contribution in [0.3, 0.4) is 0 Å². The number of carbonyl (C=O) groups is 1. The summed E-state index contributed by atoms with van der Waals surface area (Å²) in [7, 11) is 0. The number of carbonyl (C=O) groups excluding carboxylic acids is 1. The molecule has 0 spiro atoms. The van der Waals surface area contributed by atoms with Gasteiger partial charge in [0, 0.05) is 13.1 Å². The Hall–Kier alpha value is -1.35. The number of amides is 1. The van der Waals surface area contributed by atoms with Crippen molar-refractivity contribution >= 4 is 5.91 Å². The van der Waals surface area contributed by atoms with Gasteiger partial charge in [-0.15, -0.1) is 0 Å². The van der Waals surface area contributed by atoms with Gasteiger partial charge in [0.25, 0.3) is 0 Å². The van der Waals surface area contributed by atoms with E-state index >= 15 is 0 Å². The van der Waals surface area contributed by atoms with E-state index in [1.165, 1.54) is 5.56 Å². The van der Waals surface area contributed by atoms with Crippen LogP contribution in [0.4, 0.5) is 0 Å². The van der Waals surface area contributed by atoms with E-state index in [1.54, 1.807) is 0 Å². The number of likely N-dealkylation sites (tertiary alicyclic amines) is 1. The van der Waals surface area contributed by atoms with Crippen LogP contribution in [-0.2, 0) is 11.2 Å². The van der Waals surface area contributed by atoms with Crippen LogP contribution in [0.5, 0.6) is 0 Å². The van der Waals surface area contributed by atoms with Crippen LogP contribution in [0.1, 0.15) is 44.6 Å². The molecular weight excluding hydrogens is 260 g/mol. The number of hydrogen-bond acceptors (Lipinski definition) is 2. The molecule has 0 saturated carbocycles. The van der Waals surface area contributed by atoms with E-state index in [0.717, 1.165) is 51.6 Å². The smallest absolute Gasteiger partial charge is 0.239 e. The maximum absolute atomic E-state index is 12.3. The topological polar surface area (TPSA) is 46.3 Å². The number of benzene rings is 1. The van der Waals surface area contributed by atoms with Crippen LogP contribution in [0, 0.1) is 5.92 Å². The van der Waals surface area contributed by atoms with Gasteiger partial charge in [-0.1, -0.05) is 50.1 Å². The van der Waals surface area contributed by atoms with Crippen LogP contribution in [0.2, 0.25) is 0 Å². The van der Waals surface area contributed by atoms with Gasteiger partial charge in [0.1, 0.15) is 0 Å². The summed E-state index contributed by atoms with van der Waals surface area (Å²) < 4.78 is 0. The average molecular weight is 288 g/mol. The highest BCUT2D eigenvalue weighted by Crippen LogP contribution is 2.22. The zero-order chi connectivity index (χ0) is 15.1. The van der Waals surface area contributed by atoms with Gasteiger partial charge in [-0.25, -0.2) is 0 Å². The van der Waals surface area contributed by atoms with Crippen molar-refractivity contribution in [1.29, 1.82) is 0 Å². The van der Waals surface area contributed by atoms with Gasteiger partial charge in [-0.3, -0.25) is 4.79 Å². The summed E-state index contributed by atoms with van der Waals surface area (Å²) in [5, 5.41) is 0. The Labute approximate surface area is 128 Å². The summed E-state index contributed by atoms with van der Waals surface area (Å²) in [5.41, 5.74) is 7.41. The minimum Gasteiger partial charge on any atom is -0.341 e. The number of rotatable bonds is 6. The first-order chi connectivity index (χ1) is 10.2. The van der Waals surface area contributed by atoms with Gasteiger partial charge < -0.3 is 10.6 Å². The molecule has 1 fully saturated rings. The van der Waals surface area contributed by atoms with Crippen LogP contribution in [0.15, 0.2) is 30.3 Å².